The molecule has 82 valence electrons. The number of nitrogens with two attached hydrogens (primary N) is 1. The molecular weight excluding hydrogens is 220 g/mol. The van der Waals surface area contributed by atoms with E-state index < -0.39 is 34.9 Å². The molecule has 0 atom stereocenters. The van der Waals surface area contributed by atoms with E-state index in [1.165, 1.54) is 0 Å². The van der Waals surface area contributed by atoms with Gasteiger partial charge >= 0.3 is 12.1 Å². The fraction of sp³-hybridized carbons (Fsp3) is 0.143. The maximum absolute atomic E-state index is 12.9. The van der Waals surface area contributed by atoms with E-state index in [1.54, 1.807) is 0 Å². The lowest BCUT2D eigenvalue weighted by Crippen LogP contribution is -2.15. The van der Waals surface area contributed by atoms with Gasteiger partial charge in [0.1, 0.15) is 5.56 Å². The zero-order valence-corrected chi connectivity index (χ0v) is 6.97. The molecule has 1 aromatic heterocycles. The van der Waals surface area contributed by atoms with Gasteiger partial charge in [-0.25, -0.2) is 14.2 Å². The number of nitrogens with zero attached hydrogens (tertiary/aromatic N) is 1. The van der Waals surface area contributed by atoms with Crippen LogP contribution >= 0.6 is 0 Å². The summed E-state index contributed by atoms with van der Waals surface area (Å²) in [6.07, 6.45) is -4.64. The lowest BCUT2D eigenvalue weighted by molar-refractivity contribution is -0.143. The predicted molar refractivity (Wildman–Crippen MR) is 40.6 cm³/mol. The van der Waals surface area contributed by atoms with Crippen molar-refractivity contribution in [3.63, 3.8) is 0 Å². The zero-order chi connectivity index (χ0) is 11.8. The molecule has 8 heteroatoms. The van der Waals surface area contributed by atoms with Gasteiger partial charge in [0.15, 0.2) is 11.5 Å². The Bertz CT molecular complexity index is 416. The summed E-state index contributed by atoms with van der Waals surface area (Å²) in [6, 6.07) is 0. The molecule has 0 bridgehead atoms. The number of carboxylic acids is 1. The SMILES string of the molecule is Nc1c(C(=O)O)cnc(C(F)(F)F)c1F. The molecule has 1 heterocycles. The first-order chi connectivity index (χ1) is 6.75. The maximum Gasteiger partial charge on any atom is 0.436 e. The van der Waals surface area contributed by atoms with Crippen LogP contribution in [0.2, 0.25) is 0 Å². The van der Waals surface area contributed by atoms with Gasteiger partial charge in [0.2, 0.25) is 0 Å². The zero-order valence-electron chi connectivity index (χ0n) is 6.97. The van der Waals surface area contributed by atoms with E-state index in [4.69, 9.17) is 10.8 Å². The van der Waals surface area contributed by atoms with Crippen LogP contribution in [-0.2, 0) is 6.18 Å². The van der Waals surface area contributed by atoms with Crippen molar-refractivity contribution in [3.8, 4) is 0 Å². The third-order valence-electron chi connectivity index (χ3n) is 1.56. The number of alkyl halides is 3. The van der Waals surface area contributed by atoms with E-state index in [0.29, 0.717) is 6.20 Å². The highest BCUT2D eigenvalue weighted by atomic mass is 19.4. The smallest absolute Gasteiger partial charge is 0.436 e. The third-order valence-corrected chi connectivity index (χ3v) is 1.56. The molecule has 4 nitrogen and oxygen atoms in total. The molecule has 0 spiro atoms. The lowest BCUT2D eigenvalue weighted by Gasteiger charge is -2.09. The van der Waals surface area contributed by atoms with Crippen LogP contribution in [0.25, 0.3) is 0 Å². The standard InChI is InChI=1S/C7H4F4N2O2/c8-3-4(12)2(6(14)15)1-13-5(3)7(9,10)11/h1H,(H2,12,13)(H,14,15). The second-order valence-electron chi connectivity index (χ2n) is 2.55. The third kappa shape index (κ3) is 1.97. The van der Waals surface area contributed by atoms with Crippen molar-refractivity contribution in [1.29, 1.82) is 0 Å². The van der Waals surface area contributed by atoms with Crippen molar-refractivity contribution in [2.75, 3.05) is 5.73 Å². The molecule has 1 rings (SSSR count). The Morgan fingerprint density at radius 3 is 2.40 bits per heavy atom. The Morgan fingerprint density at radius 1 is 1.47 bits per heavy atom. The Hall–Kier alpha value is -1.86. The molecule has 0 radical (unpaired) electrons. The van der Waals surface area contributed by atoms with Crippen LogP contribution in [-0.4, -0.2) is 16.1 Å². The molecule has 0 aliphatic carbocycles. The Balaban J connectivity index is 3.41. The highest BCUT2D eigenvalue weighted by Gasteiger charge is 2.37. The number of rotatable bonds is 1. The van der Waals surface area contributed by atoms with Crippen LogP contribution in [0.1, 0.15) is 16.1 Å². The largest absolute Gasteiger partial charge is 0.478 e. The van der Waals surface area contributed by atoms with Gasteiger partial charge < -0.3 is 10.8 Å². The number of halogens is 4. The van der Waals surface area contributed by atoms with Gasteiger partial charge in [0, 0.05) is 6.20 Å². The number of aromatic carboxylic acids is 1. The first kappa shape index (κ1) is 11.2. The minimum absolute atomic E-state index is 0.365. The summed E-state index contributed by atoms with van der Waals surface area (Å²) >= 11 is 0. The minimum atomic E-state index is -5.00. The van der Waals surface area contributed by atoms with E-state index >= 15 is 0 Å². The minimum Gasteiger partial charge on any atom is -0.478 e. The molecule has 15 heavy (non-hydrogen) atoms. The number of carboxylic acid groups (broad SMARTS) is 1. The quantitative estimate of drug-likeness (QED) is 0.709. The predicted octanol–water partition coefficient (Wildman–Crippen LogP) is 1.52. The van der Waals surface area contributed by atoms with E-state index in [2.05, 4.69) is 4.98 Å². The van der Waals surface area contributed by atoms with E-state index in [9.17, 15) is 22.4 Å². The van der Waals surface area contributed by atoms with Crippen molar-refractivity contribution in [2.45, 2.75) is 6.18 Å². The molecular formula is C7H4F4N2O2. The average Bonchev–Trinajstić information content (AvgIpc) is 2.06. The van der Waals surface area contributed by atoms with Gasteiger partial charge in [-0.2, -0.15) is 13.2 Å². The van der Waals surface area contributed by atoms with E-state index in [0.717, 1.165) is 0 Å². The first-order valence-corrected chi connectivity index (χ1v) is 3.49. The number of hydrogen-bond donors (Lipinski definition) is 2. The second-order valence-corrected chi connectivity index (χ2v) is 2.55. The van der Waals surface area contributed by atoms with Crippen LogP contribution in [0.5, 0.6) is 0 Å². The molecule has 0 aliphatic heterocycles. The van der Waals surface area contributed by atoms with Gasteiger partial charge in [-0.05, 0) is 0 Å². The molecule has 0 aliphatic rings. The average molecular weight is 224 g/mol. The monoisotopic (exact) mass is 224 g/mol. The molecule has 0 unspecified atom stereocenters. The van der Waals surface area contributed by atoms with Crippen molar-refractivity contribution < 1.29 is 27.5 Å². The van der Waals surface area contributed by atoms with Crippen molar-refractivity contribution >= 4 is 11.7 Å². The molecule has 1 aromatic rings. The number of nitrogen functional groups attached to an aromatic ring is 1. The van der Waals surface area contributed by atoms with Gasteiger partial charge in [-0.1, -0.05) is 0 Å². The van der Waals surface area contributed by atoms with Crippen LogP contribution in [0.3, 0.4) is 0 Å². The molecule has 0 fully saturated rings. The Morgan fingerprint density at radius 2 is 2.00 bits per heavy atom. The molecule has 0 aromatic carbocycles. The number of pyridine rings is 1. The summed E-state index contributed by atoms with van der Waals surface area (Å²) in [4.78, 5) is 13.0. The first-order valence-electron chi connectivity index (χ1n) is 3.49. The molecule has 0 saturated carbocycles. The molecule has 0 saturated heterocycles. The van der Waals surface area contributed by atoms with Gasteiger partial charge in [-0.3, -0.25) is 0 Å². The number of aromatic nitrogens is 1. The van der Waals surface area contributed by atoms with Crippen LogP contribution in [0.15, 0.2) is 6.20 Å². The van der Waals surface area contributed by atoms with Crippen LogP contribution in [0, 0.1) is 5.82 Å². The second kappa shape index (κ2) is 3.37. The summed E-state index contributed by atoms with van der Waals surface area (Å²) in [7, 11) is 0. The summed E-state index contributed by atoms with van der Waals surface area (Å²) in [5.74, 6) is -3.52. The molecule has 0 amide bonds. The highest BCUT2D eigenvalue weighted by Crippen LogP contribution is 2.32. The highest BCUT2D eigenvalue weighted by molar-refractivity contribution is 5.93. The fourth-order valence-electron chi connectivity index (χ4n) is 0.869. The topological polar surface area (TPSA) is 76.2 Å². The van der Waals surface area contributed by atoms with E-state index in [1.807, 2.05) is 0 Å². The van der Waals surface area contributed by atoms with Crippen molar-refractivity contribution in [1.82, 2.24) is 4.98 Å². The summed E-state index contributed by atoms with van der Waals surface area (Å²) in [5.41, 5.74) is 1.17. The van der Waals surface area contributed by atoms with E-state index in [-0.39, 0.29) is 0 Å². The van der Waals surface area contributed by atoms with Crippen LogP contribution < -0.4 is 5.73 Å². The Labute approximate surface area is 80.3 Å². The van der Waals surface area contributed by atoms with Gasteiger partial charge in [-0.15, -0.1) is 0 Å². The maximum atomic E-state index is 12.9. The van der Waals surface area contributed by atoms with Gasteiger partial charge in [0.25, 0.3) is 0 Å². The Kier molecular flexibility index (Phi) is 2.52. The summed E-state index contributed by atoms with van der Waals surface area (Å²) in [6.45, 7) is 0. The summed E-state index contributed by atoms with van der Waals surface area (Å²) in [5, 5.41) is 8.42. The van der Waals surface area contributed by atoms with Gasteiger partial charge in [0.05, 0.1) is 5.69 Å². The number of hydrogen-bond acceptors (Lipinski definition) is 3. The van der Waals surface area contributed by atoms with Crippen molar-refractivity contribution in [3.05, 3.63) is 23.3 Å². The summed E-state index contributed by atoms with van der Waals surface area (Å²) < 4.78 is 49.1. The molecule has 3 N–H and O–H groups in total. The van der Waals surface area contributed by atoms with Crippen LogP contribution in [0.4, 0.5) is 23.2 Å². The fourth-order valence-corrected chi connectivity index (χ4v) is 0.869. The number of carbonyl (C=O) groups is 1. The number of anilines is 1. The normalized spacial score (nSPS) is 11.5. The van der Waals surface area contributed by atoms with Crippen molar-refractivity contribution in [2.24, 2.45) is 0 Å². The lowest BCUT2D eigenvalue weighted by atomic mass is 10.2.